The minimum atomic E-state index is -2.31. The third-order valence-electron chi connectivity index (χ3n) is 2.11. The summed E-state index contributed by atoms with van der Waals surface area (Å²) in [5.74, 6) is -15.0. The van der Waals surface area contributed by atoms with Crippen LogP contribution in [0.5, 0.6) is 0 Å². The van der Waals surface area contributed by atoms with E-state index in [0.717, 1.165) is 0 Å². The first-order valence-corrected chi connectivity index (χ1v) is 4.07. The summed E-state index contributed by atoms with van der Waals surface area (Å²) in [4.78, 5) is 0. The fraction of sp³-hybridized carbons (Fsp3) is 0. The van der Waals surface area contributed by atoms with E-state index in [1.165, 1.54) is 6.07 Å². The van der Waals surface area contributed by atoms with Crippen molar-refractivity contribution in [3.8, 4) is 0 Å². The largest absolute Gasteiger partial charge is 1.00 e. The first kappa shape index (κ1) is 14.9. The molecule has 2 aromatic rings. The molecule has 0 N–H and O–H groups in total. The first-order valence-electron chi connectivity index (χ1n) is 4.07. The molecule has 0 saturated heterocycles. The van der Waals surface area contributed by atoms with Gasteiger partial charge in [-0.1, -0.05) is 11.5 Å². The fourth-order valence-corrected chi connectivity index (χ4v) is 1.33. The summed E-state index contributed by atoms with van der Waals surface area (Å²) < 4.78 is 90.1. The molecular formula is C10F7Li. The molecule has 0 spiro atoms. The molecule has 0 aliphatic rings. The number of hydrogen-bond donors (Lipinski definition) is 0. The van der Waals surface area contributed by atoms with E-state index in [2.05, 4.69) is 0 Å². The SMILES string of the molecule is Fc1[c-]c2c(F)c(F)c(F)c(F)c2c(F)c1F.[Li+]. The summed E-state index contributed by atoms with van der Waals surface area (Å²) in [6.45, 7) is 0. The Balaban J connectivity index is 0.00000162. The van der Waals surface area contributed by atoms with Crippen molar-refractivity contribution in [1.82, 2.24) is 0 Å². The van der Waals surface area contributed by atoms with Gasteiger partial charge in [-0.05, 0) is 5.39 Å². The van der Waals surface area contributed by atoms with Crippen LogP contribution in [0.15, 0.2) is 0 Å². The van der Waals surface area contributed by atoms with Crippen LogP contribution in [0.4, 0.5) is 30.7 Å². The first-order chi connectivity index (χ1) is 7.86. The Morgan fingerprint density at radius 3 is 1.56 bits per heavy atom. The summed E-state index contributed by atoms with van der Waals surface area (Å²) in [7, 11) is 0. The summed E-state index contributed by atoms with van der Waals surface area (Å²) in [6.07, 6.45) is 0. The van der Waals surface area contributed by atoms with Crippen molar-refractivity contribution in [3.63, 3.8) is 0 Å². The van der Waals surface area contributed by atoms with Crippen LogP contribution in [0.2, 0.25) is 0 Å². The van der Waals surface area contributed by atoms with Gasteiger partial charge in [0.1, 0.15) is 11.6 Å². The van der Waals surface area contributed by atoms with E-state index in [9.17, 15) is 30.7 Å². The van der Waals surface area contributed by atoms with Crippen LogP contribution in [0.1, 0.15) is 0 Å². The molecule has 0 saturated carbocycles. The third-order valence-corrected chi connectivity index (χ3v) is 2.11. The second-order valence-electron chi connectivity index (χ2n) is 3.07. The molecule has 0 amide bonds. The molecule has 0 bridgehead atoms. The van der Waals surface area contributed by atoms with Crippen LogP contribution in [-0.4, -0.2) is 0 Å². The molecule has 0 aromatic heterocycles. The molecular weight excluding hydrogens is 260 g/mol. The molecule has 18 heavy (non-hydrogen) atoms. The molecule has 0 atom stereocenters. The van der Waals surface area contributed by atoms with Crippen LogP contribution in [-0.2, 0) is 0 Å². The molecule has 0 aliphatic heterocycles. The maximum Gasteiger partial charge on any atom is 1.00 e. The van der Waals surface area contributed by atoms with Crippen LogP contribution in [0, 0.1) is 46.8 Å². The third kappa shape index (κ3) is 1.87. The number of benzene rings is 2. The van der Waals surface area contributed by atoms with Gasteiger partial charge in [0.05, 0.1) is 17.5 Å². The molecule has 90 valence electrons. The van der Waals surface area contributed by atoms with Crippen LogP contribution >= 0.6 is 0 Å². The van der Waals surface area contributed by atoms with Gasteiger partial charge in [-0.15, -0.1) is 0 Å². The molecule has 0 heterocycles. The normalized spacial score (nSPS) is 10.6. The summed E-state index contributed by atoms with van der Waals surface area (Å²) >= 11 is 0. The summed E-state index contributed by atoms with van der Waals surface area (Å²) in [5.41, 5.74) is 0. The van der Waals surface area contributed by atoms with E-state index in [1.807, 2.05) is 0 Å². The second kappa shape index (κ2) is 4.82. The Labute approximate surface area is 108 Å². The number of fused-ring (bicyclic) bond motifs is 1. The van der Waals surface area contributed by atoms with Gasteiger partial charge in [-0.25, -0.2) is 22.0 Å². The number of halogens is 7. The monoisotopic (exact) mass is 260 g/mol. The smallest absolute Gasteiger partial charge is 0.261 e. The minimum Gasteiger partial charge on any atom is -0.261 e. The topological polar surface area (TPSA) is 0 Å². The van der Waals surface area contributed by atoms with Crippen LogP contribution in [0.25, 0.3) is 10.8 Å². The van der Waals surface area contributed by atoms with Crippen molar-refractivity contribution >= 4 is 10.8 Å². The summed E-state index contributed by atoms with van der Waals surface area (Å²) in [6, 6.07) is 1.27. The van der Waals surface area contributed by atoms with Gasteiger partial charge in [0.25, 0.3) is 0 Å². The van der Waals surface area contributed by atoms with Gasteiger partial charge in [0, 0.05) is 0 Å². The van der Waals surface area contributed by atoms with Gasteiger partial charge in [-0.2, -0.15) is 0 Å². The Bertz CT molecular complexity index is 630. The Hall–Kier alpha value is -1.19. The molecule has 0 nitrogen and oxygen atoms in total. The van der Waals surface area contributed by atoms with Gasteiger partial charge >= 0.3 is 18.9 Å². The molecule has 0 fully saturated rings. The van der Waals surface area contributed by atoms with Gasteiger partial charge in [-0.3, -0.25) is 8.78 Å². The minimum absolute atomic E-state index is 0. The zero-order valence-electron chi connectivity index (χ0n) is 8.65. The average molecular weight is 260 g/mol. The average Bonchev–Trinajstić information content (AvgIpc) is 2.30. The van der Waals surface area contributed by atoms with Crippen molar-refractivity contribution in [3.05, 3.63) is 46.8 Å². The Morgan fingerprint density at radius 1 is 0.556 bits per heavy atom. The zero-order chi connectivity index (χ0) is 12.9. The van der Waals surface area contributed by atoms with Gasteiger partial charge in [0.2, 0.25) is 0 Å². The molecule has 0 unspecified atom stereocenters. The van der Waals surface area contributed by atoms with E-state index in [0.29, 0.717) is 0 Å². The van der Waals surface area contributed by atoms with Crippen molar-refractivity contribution in [2.24, 2.45) is 0 Å². The molecule has 0 aliphatic carbocycles. The van der Waals surface area contributed by atoms with Gasteiger partial charge in [0.15, 0.2) is 11.6 Å². The second-order valence-corrected chi connectivity index (χ2v) is 3.07. The maximum absolute atomic E-state index is 13.1. The van der Waals surface area contributed by atoms with E-state index in [-0.39, 0.29) is 18.9 Å². The van der Waals surface area contributed by atoms with E-state index in [4.69, 9.17) is 0 Å². The van der Waals surface area contributed by atoms with Crippen LogP contribution < -0.4 is 18.9 Å². The summed E-state index contributed by atoms with van der Waals surface area (Å²) in [5, 5.41) is -2.86. The Kier molecular flexibility index (Phi) is 3.98. The van der Waals surface area contributed by atoms with Crippen molar-refractivity contribution < 1.29 is 49.6 Å². The van der Waals surface area contributed by atoms with Crippen LogP contribution in [0.3, 0.4) is 0 Å². The van der Waals surface area contributed by atoms with E-state index in [1.54, 1.807) is 0 Å². The molecule has 2 rings (SSSR count). The van der Waals surface area contributed by atoms with Crippen molar-refractivity contribution in [2.75, 3.05) is 0 Å². The Morgan fingerprint density at radius 2 is 1.00 bits per heavy atom. The fourth-order valence-electron chi connectivity index (χ4n) is 1.33. The van der Waals surface area contributed by atoms with E-state index >= 15 is 0 Å². The predicted molar refractivity (Wildman–Crippen MR) is 42.5 cm³/mol. The standard InChI is InChI=1S/C10F7.Li/c11-3-1-2-4(7(14)6(3)13)8(15)10(17)9(16)5(2)12;/q-1;+1. The number of hydrogen-bond acceptors (Lipinski definition) is 0. The van der Waals surface area contributed by atoms with E-state index < -0.39 is 51.5 Å². The maximum atomic E-state index is 13.1. The number of rotatable bonds is 0. The molecule has 0 radical (unpaired) electrons. The van der Waals surface area contributed by atoms with Crippen molar-refractivity contribution in [2.45, 2.75) is 0 Å². The van der Waals surface area contributed by atoms with Crippen molar-refractivity contribution in [1.29, 1.82) is 0 Å². The zero-order valence-corrected chi connectivity index (χ0v) is 8.65. The molecule has 2 aromatic carbocycles. The quantitative estimate of drug-likeness (QED) is 0.214. The molecule has 8 heteroatoms. The van der Waals surface area contributed by atoms with Gasteiger partial charge < -0.3 is 0 Å². The predicted octanol–water partition coefficient (Wildman–Crippen LogP) is 0.618.